The highest BCUT2D eigenvalue weighted by molar-refractivity contribution is 6.70. The van der Waals surface area contributed by atoms with Crippen LogP contribution in [0.3, 0.4) is 0 Å². The second kappa shape index (κ2) is 27.3. The molecule has 3 aliphatic rings. The first-order valence-corrected chi connectivity index (χ1v) is 29.4. The SMILES string of the molecule is CC.CCCCCCC1(CCCCCC)c2cc(C3=CC=C(c4ccc(Oc5ccccc5)cc4)C(=N)/C3=N\Nc3ccncc3)ccc2-c2ccc(C3=CC=C(c4ccc(Oc5ccccc5)cc4)C(=N)/C3=N\Nc3ccncc3)cc21. The van der Waals surface area contributed by atoms with Gasteiger partial charge in [-0.3, -0.25) is 31.6 Å². The molecule has 0 fully saturated rings. The summed E-state index contributed by atoms with van der Waals surface area (Å²) in [5, 5.41) is 29.8. The fourth-order valence-electron chi connectivity index (χ4n) is 11.3. The van der Waals surface area contributed by atoms with Gasteiger partial charge in [0, 0.05) is 52.5 Å². The molecule has 10 heteroatoms. The van der Waals surface area contributed by atoms with E-state index in [1.165, 1.54) is 35.1 Å². The third-order valence-corrected chi connectivity index (χ3v) is 15.5. The van der Waals surface area contributed by atoms with E-state index in [0.29, 0.717) is 22.8 Å². The minimum absolute atomic E-state index is 0.308. The summed E-state index contributed by atoms with van der Waals surface area (Å²) in [6, 6.07) is 56.7. The molecule has 2 aromatic heterocycles. The number of hydrogen-bond donors (Lipinski definition) is 4. The third-order valence-electron chi connectivity index (χ3n) is 15.5. The molecule has 83 heavy (non-hydrogen) atoms. The Bertz CT molecular complexity index is 3490. The van der Waals surface area contributed by atoms with Gasteiger partial charge in [0.25, 0.3) is 0 Å². The fraction of sp³-hybridized carbons (Fsp3) is 0.205. The van der Waals surface area contributed by atoms with Crippen molar-refractivity contribution in [1.82, 2.24) is 9.97 Å². The Kier molecular flexibility index (Phi) is 18.6. The molecule has 0 aliphatic heterocycles. The zero-order valence-corrected chi connectivity index (χ0v) is 48.0. The molecule has 4 N–H and O–H groups in total. The van der Waals surface area contributed by atoms with E-state index in [1.54, 1.807) is 24.8 Å². The molecule has 0 amide bonds. The van der Waals surface area contributed by atoms with Crippen molar-refractivity contribution in [3.8, 4) is 34.1 Å². The van der Waals surface area contributed by atoms with E-state index in [4.69, 9.17) is 19.7 Å². The van der Waals surface area contributed by atoms with E-state index in [-0.39, 0.29) is 5.41 Å². The van der Waals surface area contributed by atoms with Gasteiger partial charge in [0.1, 0.15) is 34.4 Å². The molecule has 11 rings (SSSR count). The van der Waals surface area contributed by atoms with Gasteiger partial charge in [-0.15, -0.1) is 0 Å². The number of fused-ring (bicyclic) bond motifs is 3. The van der Waals surface area contributed by atoms with Gasteiger partial charge in [0.2, 0.25) is 0 Å². The number of benzene rings is 6. The molecule has 0 saturated heterocycles. The van der Waals surface area contributed by atoms with Gasteiger partial charge in [0.05, 0.1) is 22.8 Å². The first kappa shape index (κ1) is 56.7. The Hall–Kier alpha value is -9.54. The van der Waals surface area contributed by atoms with Crippen LogP contribution in [0.5, 0.6) is 23.0 Å². The van der Waals surface area contributed by atoms with Crippen molar-refractivity contribution in [3.05, 3.63) is 252 Å². The largest absolute Gasteiger partial charge is 0.457 e. The summed E-state index contributed by atoms with van der Waals surface area (Å²) in [6.07, 6.45) is 26.4. The van der Waals surface area contributed by atoms with E-state index in [9.17, 15) is 10.8 Å². The summed E-state index contributed by atoms with van der Waals surface area (Å²) >= 11 is 0. The topological polar surface area (TPSA) is 141 Å². The van der Waals surface area contributed by atoms with E-state index in [0.717, 1.165) is 130 Å². The first-order valence-electron chi connectivity index (χ1n) is 29.4. The predicted octanol–water partition coefficient (Wildman–Crippen LogP) is 19.2. The van der Waals surface area contributed by atoms with E-state index in [2.05, 4.69) is 95.4 Å². The number of hydrogen-bond acceptors (Lipinski definition) is 10. The molecule has 416 valence electrons. The molecule has 0 saturated carbocycles. The lowest BCUT2D eigenvalue weighted by atomic mass is 9.69. The molecule has 3 aliphatic carbocycles. The van der Waals surface area contributed by atoms with Crippen LogP contribution < -0.4 is 20.3 Å². The quantitative estimate of drug-likeness (QED) is 0.0303. The minimum atomic E-state index is -0.308. The van der Waals surface area contributed by atoms with Crippen LogP contribution in [0.25, 0.3) is 33.4 Å². The maximum absolute atomic E-state index is 9.88. The summed E-state index contributed by atoms with van der Waals surface area (Å²) in [4.78, 5) is 8.45. The number of nitrogens with one attached hydrogen (secondary N) is 4. The number of anilines is 2. The van der Waals surface area contributed by atoms with Crippen LogP contribution in [0.1, 0.15) is 125 Å². The number of hydrazone groups is 2. The van der Waals surface area contributed by atoms with Crippen LogP contribution in [0.15, 0.2) is 229 Å². The van der Waals surface area contributed by atoms with Crippen molar-refractivity contribution in [2.45, 2.75) is 97.3 Å². The normalized spacial score (nSPS) is 15.0. The van der Waals surface area contributed by atoms with Crippen LogP contribution in [0.4, 0.5) is 11.4 Å². The first-order chi connectivity index (χ1) is 40.9. The van der Waals surface area contributed by atoms with E-state index >= 15 is 0 Å². The highest BCUT2D eigenvalue weighted by atomic mass is 16.5. The van der Waals surface area contributed by atoms with Crippen molar-refractivity contribution < 1.29 is 9.47 Å². The zero-order chi connectivity index (χ0) is 57.4. The molecule has 0 spiro atoms. The molecule has 0 atom stereocenters. The van der Waals surface area contributed by atoms with Gasteiger partial charge in [-0.1, -0.05) is 188 Å². The fourth-order valence-corrected chi connectivity index (χ4v) is 11.3. The number of allylic oxidation sites excluding steroid dienone is 8. The van der Waals surface area contributed by atoms with Crippen LogP contribution in [0.2, 0.25) is 0 Å². The maximum Gasteiger partial charge on any atom is 0.127 e. The smallest absolute Gasteiger partial charge is 0.127 e. The van der Waals surface area contributed by atoms with Crippen molar-refractivity contribution >= 4 is 56.5 Å². The van der Waals surface area contributed by atoms with Gasteiger partial charge in [-0.25, -0.2) is 0 Å². The number of aromatic nitrogens is 2. The Morgan fingerprint density at radius 2 is 0.771 bits per heavy atom. The van der Waals surface area contributed by atoms with E-state index in [1.807, 2.05) is 147 Å². The lowest BCUT2D eigenvalue weighted by molar-refractivity contribution is 0.401. The molecule has 6 aromatic carbocycles. The summed E-state index contributed by atoms with van der Waals surface area (Å²) in [6.45, 7) is 8.56. The number of para-hydroxylation sites is 2. The standard InChI is InChI=1S/C71H66N8O2.C2H6/c1-3-5-7-15-41-71(42-16-8-6-4-2)65-47-51(61-35-33-59(67(72)69(61)78-76-53-37-43-74-44-38-53)49-21-27-57(28-22-49)80-55-17-11-9-12-18-55)25-31-63(65)64-32-26-52(48-66(64)71)62-36-34-60(68(73)70(62)79-77-54-39-45-75-46-40-54)50-23-29-58(30-24-50)81-56-19-13-10-14-20-56;1-2/h9-14,17-40,43-48,72-73H,3-8,15-16,41-42H2,1-2H3,(H,74,76)(H,75,77);1-2H3/b72-67?,73-68?,78-69-,79-70-;. The Morgan fingerprint density at radius 3 is 1.16 bits per heavy atom. The molecule has 2 heterocycles. The van der Waals surface area contributed by atoms with Crippen LogP contribution in [-0.2, 0) is 5.41 Å². The highest BCUT2D eigenvalue weighted by Gasteiger charge is 2.43. The molecular formula is C73H72N8O2. The molecule has 0 bridgehead atoms. The average Bonchev–Trinajstić information content (AvgIpc) is 2.14. The van der Waals surface area contributed by atoms with Gasteiger partial charge >= 0.3 is 0 Å². The minimum Gasteiger partial charge on any atom is -0.457 e. The second-order valence-corrected chi connectivity index (χ2v) is 20.8. The summed E-state index contributed by atoms with van der Waals surface area (Å²) in [7, 11) is 0. The van der Waals surface area contributed by atoms with Crippen molar-refractivity contribution in [2.75, 3.05) is 10.9 Å². The Labute approximate surface area is 489 Å². The van der Waals surface area contributed by atoms with Crippen LogP contribution in [-0.4, -0.2) is 32.8 Å². The van der Waals surface area contributed by atoms with Gasteiger partial charge in [0.15, 0.2) is 0 Å². The molecule has 10 nitrogen and oxygen atoms in total. The Balaban J connectivity index is 0.00000381. The number of ether oxygens (including phenoxy) is 2. The van der Waals surface area contributed by atoms with Gasteiger partial charge < -0.3 is 9.47 Å². The highest BCUT2D eigenvalue weighted by Crippen LogP contribution is 2.56. The molecular weight excluding hydrogens is 1020 g/mol. The lowest BCUT2D eigenvalue weighted by Gasteiger charge is -2.34. The monoisotopic (exact) mass is 1090 g/mol. The molecule has 0 unspecified atom stereocenters. The van der Waals surface area contributed by atoms with Gasteiger partial charge in [-0.05, 0) is 142 Å². The molecule has 8 aromatic rings. The second-order valence-electron chi connectivity index (χ2n) is 20.8. The van der Waals surface area contributed by atoms with Crippen molar-refractivity contribution in [3.63, 3.8) is 0 Å². The Morgan fingerprint density at radius 1 is 0.410 bits per heavy atom. The number of nitrogens with zero attached hydrogens (tertiary/aromatic N) is 4. The van der Waals surface area contributed by atoms with E-state index < -0.39 is 0 Å². The molecule has 0 radical (unpaired) electrons. The zero-order valence-electron chi connectivity index (χ0n) is 48.0. The van der Waals surface area contributed by atoms with Crippen LogP contribution >= 0.6 is 0 Å². The average molecular weight is 1090 g/mol. The number of pyridine rings is 2. The number of unbranched alkanes of at least 4 members (excludes halogenated alkanes) is 6. The summed E-state index contributed by atoms with van der Waals surface area (Å²) in [5.41, 5.74) is 21.7. The van der Waals surface area contributed by atoms with Crippen molar-refractivity contribution in [1.29, 1.82) is 10.8 Å². The van der Waals surface area contributed by atoms with Gasteiger partial charge in [-0.2, -0.15) is 10.2 Å². The third kappa shape index (κ3) is 13.0. The summed E-state index contributed by atoms with van der Waals surface area (Å²) in [5.74, 6) is 2.97. The van der Waals surface area contributed by atoms with Crippen LogP contribution in [0, 0.1) is 10.8 Å². The lowest BCUT2D eigenvalue weighted by Crippen LogP contribution is -2.27. The number of rotatable bonds is 22. The maximum atomic E-state index is 9.88. The van der Waals surface area contributed by atoms with Crippen molar-refractivity contribution in [2.24, 2.45) is 10.2 Å². The predicted molar refractivity (Wildman–Crippen MR) is 345 cm³/mol. The summed E-state index contributed by atoms with van der Waals surface area (Å²) < 4.78 is 12.3.